The predicted octanol–water partition coefficient (Wildman–Crippen LogP) is 7.09. The molecule has 3 atom stereocenters. The van der Waals surface area contributed by atoms with Crippen molar-refractivity contribution in [3.63, 3.8) is 0 Å². The van der Waals surface area contributed by atoms with Gasteiger partial charge < -0.3 is 19.5 Å². The summed E-state index contributed by atoms with van der Waals surface area (Å²) in [4.78, 5) is 1.94. The van der Waals surface area contributed by atoms with Crippen LogP contribution in [0.4, 0.5) is 36.4 Å². The molecular weight excluding hydrogens is 519 g/mol. The second kappa shape index (κ2) is 10.9. The highest BCUT2D eigenvalue weighted by Crippen LogP contribution is 2.42. The highest BCUT2D eigenvalue weighted by atomic mass is 19.4. The standard InChI is InChI=1S/C27H26F7NO3/c1-16(36)15-35-23(18-6-3-7-19(14-18)37-26(30,31)25(28)29)12-11-22-21(9-4-10-24(22)35)17-5-2-8-20(13-17)38-27(32,33)34/h2-5,7-10,13-14,16,18,23,25,36H,6,11-12,15H2,1H3/t16-,18?,23-/m1/s1. The minimum absolute atomic E-state index is 0.190. The summed E-state index contributed by atoms with van der Waals surface area (Å²) in [6.07, 6.45) is -8.52. The molecule has 0 saturated carbocycles. The lowest BCUT2D eigenvalue weighted by atomic mass is 9.81. The number of nitrogens with zero attached hydrogens (tertiary/aromatic N) is 1. The number of ether oxygens (including phenoxy) is 2. The van der Waals surface area contributed by atoms with Crippen molar-refractivity contribution in [2.45, 2.75) is 57.2 Å². The first kappa shape index (κ1) is 27.8. The Morgan fingerprint density at radius 2 is 1.79 bits per heavy atom. The van der Waals surface area contributed by atoms with E-state index >= 15 is 0 Å². The first-order valence-electron chi connectivity index (χ1n) is 12.0. The van der Waals surface area contributed by atoms with Gasteiger partial charge in [-0.3, -0.25) is 0 Å². The Labute approximate surface area is 215 Å². The van der Waals surface area contributed by atoms with Crippen molar-refractivity contribution in [1.29, 1.82) is 0 Å². The SMILES string of the molecule is C[C@@H](O)CN1c2cccc(-c3cccc(OC(F)(F)F)c3)c2CC[C@@H]1C1C=C(OC(F)(F)C(F)F)C=CC1. The number of halogens is 7. The van der Waals surface area contributed by atoms with E-state index in [1.807, 2.05) is 11.0 Å². The maximum absolute atomic E-state index is 13.5. The van der Waals surface area contributed by atoms with Gasteiger partial charge in [0.25, 0.3) is 0 Å². The average Bonchev–Trinajstić information content (AvgIpc) is 2.82. The van der Waals surface area contributed by atoms with Gasteiger partial charge in [0.15, 0.2) is 0 Å². The Bertz CT molecular complexity index is 1190. The Balaban J connectivity index is 1.67. The summed E-state index contributed by atoms with van der Waals surface area (Å²) in [5, 5.41) is 10.2. The van der Waals surface area contributed by atoms with Gasteiger partial charge in [-0.2, -0.15) is 17.6 Å². The van der Waals surface area contributed by atoms with Crippen LogP contribution in [-0.4, -0.2) is 42.7 Å². The first-order valence-corrected chi connectivity index (χ1v) is 12.0. The number of aliphatic hydroxyl groups is 1. The number of fused-ring (bicyclic) bond motifs is 1. The number of hydrogen-bond acceptors (Lipinski definition) is 4. The largest absolute Gasteiger partial charge is 0.573 e. The van der Waals surface area contributed by atoms with Gasteiger partial charge in [-0.1, -0.05) is 30.3 Å². The maximum Gasteiger partial charge on any atom is 0.573 e. The van der Waals surface area contributed by atoms with E-state index in [2.05, 4.69) is 9.47 Å². The maximum atomic E-state index is 13.5. The molecule has 0 spiro atoms. The molecule has 38 heavy (non-hydrogen) atoms. The molecule has 11 heteroatoms. The number of alkyl halides is 7. The lowest BCUT2D eigenvalue weighted by Crippen LogP contribution is -2.47. The highest BCUT2D eigenvalue weighted by Gasteiger charge is 2.45. The fourth-order valence-corrected chi connectivity index (χ4v) is 5.04. The summed E-state index contributed by atoms with van der Waals surface area (Å²) >= 11 is 0. The van der Waals surface area contributed by atoms with Crippen molar-refractivity contribution in [2.24, 2.45) is 5.92 Å². The topological polar surface area (TPSA) is 41.9 Å². The molecule has 1 aliphatic carbocycles. The van der Waals surface area contributed by atoms with Gasteiger partial charge in [0.05, 0.1) is 6.10 Å². The molecule has 4 nitrogen and oxygen atoms in total. The number of anilines is 1. The second-order valence-electron chi connectivity index (χ2n) is 9.32. The van der Waals surface area contributed by atoms with E-state index in [1.54, 1.807) is 31.2 Å². The van der Waals surface area contributed by atoms with E-state index in [9.17, 15) is 35.8 Å². The summed E-state index contributed by atoms with van der Waals surface area (Å²) in [5.41, 5.74) is 2.81. The van der Waals surface area contributed by atoms with E-state index in [0.29, 0.717) is 30.4 Å². The quantitative estimate of drug-likeness (QED) is 0.360. The molecule has 2 aromatic carbocycles. The third-order valence-electron chi connectivity index (χ3n) is 6.46. The van der Waals surface area contributed by atoms with Gasteiger partial charge in [0.2, 0.25) is 0 Å². The summed E-state index contributed by atoms with van der Waals surface area (Å²) in [6, 6.07) is 10.7. The third-order valence-corrected chi connectivity index (χ3v) is 6.46. The molecule has 0 radical (unpaired) electrons. The summed E-state index contributed by atoms with van der Waals surface area (Å²) < 4.78 is 98.9. The monoisotopic (exact) mass is 545 g/mol. The molecule has 1 aliphatic heterocycles. The summed E-state index contributed by atoms with van der Waals surface area (Å²) in [7, 11) is 0. The Hall–Kier alpha value is -3.21. The Morgan fingerprint density at radius 1 is 1.05 bits per heavy atom. The van der Waals surface area contributed by atoms with Crippen LogP contribution in [0.3, 0.4) is 0 Å². The molecule has 0 amide bonds. The number of β-amino-alcohol motifs (C(OH)–C–C–N with tert-alkyl or cyclic N) is 1. The zero-order valence-corrected chi connectivity index (χ0v) is 20.3. The molecule has 206 valence electrons. The minimum atomic E-state index is -4.83. The number of benzene rings is 2. The van der Waals surface area contributed by atoms with Gasteiger partial charge in [-0.15, -0.1) is 13.2 Å². The summed E-state index contributed by atoms with van der Waals surface area (Å²) in [6.45, 7) is 1.79. The van der Waals surface area contributed by atoms with Crippen molar-refractivity contribution in [3.8, 4) is 16.9 Å². The van der Waals surface area contributed by atoms with E-state index in [0.717, 1.165) is 11.3 Å². The van der Waals surface area contributed by atoms with Crippen LogP contribution in [-0.2, 0) is 11.2 Å². The minimum Gasteiger partial charge on any atom is -0.429 e. The van der Waals surface area contributed by atoms with Crippen molar-refractivity contribution < 1.29 is 45.3 Å². The van der Waals surface area contributed by atoms with Gasteiger partial charge >= 0.3 is 18.9 Å². The van der Waals surface area contributed by atoms with Crippen LogP contribution < -0.4 is 9.64 Å². The molecule has 2 aromatic rings. The number of allylic oxidation sites excluding steroid dienone is 2. The third kappa shape index (κ3) is 6.43. The number of rotatable bonds is 8. The van der Waals surface area contributed by atoms with Gasteiger partial charge in [0.1, 0.15) is 11.5 Å². The Morgan fingerprint density at radius 3 is 2.47 bits per heavy atom. The zero-order chi connectivity index (χ0) is 27.7. The van der Waals surface area contributed by atoms with Crippen LogP contribution in [0.2, 0.25) is 0 Å². The van der Waals surface area contributed by atoms with Crippen molar-refractivity contribution in [3.05, 3.63) is 72.0 Å². The van der Waals surface area contributed by atoms with Crippen LogP contribution in [0.1, 0.15) is 25.3 Å². The molecule has 1 heterocycles. The van der Waals surface area contributed by atoms with Crippen LogP contribution in [0.15, 0.2) is 66.5 Å². The van der Waals surface area contributed by atoms with Crippen molar-refractivity contribution in [2.75, 3.05) is 11.4 Å². The number of aliphatic hydroxyl groups excluding tert-OH is 1. The molecule has 0 aromatic heterocycles. The molecule has 2 aliphatic rings. The van der Waals surface area contributed by atoms with Crippen LogP contribution in [0.5, 0.6) is 5.75 Å². The molecule has 0 fully saturated rings. The molecule has 1 N–H and O–H groups in total. The molecule has 1 unspecified atom stereocenters. The molecular formula is C27H26F7NO3. The van der Waals surface area contributed by atoms with Gasteiger partial charge in [-0.05, 0) is 73.2 Å². The highest BCUT2D eigenvalue weighted by molar-refractivity contribution is 5.76. The lowest BCUT2D eigenvalue weighted by Gasteiger charge is -2.44. The molecule has 0 bridgehead atoms. The predicted molar refractivity (Wildman–Crippen MR) is 127 cm³/mol. The van der Waals surface area contributed by atoms with Crippen molar-refractivity contribution in [1.82, 2.24) is 0 Å². The van der Waals surface area contributed by atoms with E-state index < -0.39 is 25.0 Å². The fraction of sp³-hybridized carbons (Fsp3) is 0.407. The van der Waals surface area contributed by atoms with Crippen LogP contribution in [0, 0.1) is 5.92 Å². The van der Waals surface area contributed by atoms with Crippen LogP contribution >= 0.6 is 0 Å². The fourth-order valence-electron chi connectivity index (χ4n) is 5.04. The first-order chi connectivity index (χ1) is 17.8. The second-order valence-corrected chi connectivity index (χ2v) is 9.32. The molecule has 4 rings (SSSR count). The average molecular weight is 545 g/mol. The van der Waals surface area contributed by atoms with E-state index in [4.69, 9.17) is 0 Å². The lowest BCUT2D eigenvalue weighted by molar-refractivity contribution is -0.280. The van der Waals surface area contributed by atoms with Crippen LogP contribution in [0.25, 0.3) is 11.1 Å². The normalized spacial score (nSPS) is 20.7. The van der Waals surface area contributed by atoms with Gasteiger partial charge in [0, 0.05) is 24.2 Å². The summed E-state index contributed by atoms with van der Waals surface area (Å²) in [5.74, 6) is -1.08. The van der Waals surface area contributed by atoms with Gasteiger partial charge in [-0.25, -0.2) is 0 Å². The molecule has 0 saturated heterocycles. The van der Waals surface area contributed by atoms with E-state index in [1.165, 1.54) is 30.4 Å². The van der Waals surface area contributed by atoms with E-state index in [-0.39, 0.29) is 30.0 Å². The Kier molecular flexibility index (Phi) is 7.96. The number of hydrogen-bond donors (Lipinski definition) is 1. The smallest absolute Gasteiger partial charge is 0.429 e. The zero-order valence-electron chi connectivity index (χ0n) is 20.3. The van der Waals surface area contributed by atoms with Crippen molar-refractivity contribution >= 4 is 5.69 Å².